The van der Waals surface area contributed by atoms with E-state index >= 15 is 0 Å². The van der Waals surface area contributed by atoms with Crippen LogP contribution in [0.2, 0.25) is 0 Å². The summed E-state index contributed by atoms with van der Waals surface area (Å²) in [7, 11) is 0. The quantitative estimate of drug-likeness (QED) is 0.0377. The van der Waals surface area contributed by atoms with Gasteiger partial charge in [-0.2, -0.15) is 0 Å². The van der Waals surface area contributed by atoms with Crippen molar-refractivity contribution < 1.29 is 104 Å². The van der Waals surface area contributed by atoms with Crippen molar-refractivity contribution in [1.29, 1.82) is 0 Å². The number of carbonyl (C=O) groups is 1. The van der Waals surface area contributed by atoms with E-state index in [1.807, 2.05) is 0 Å². The Hall–Kier alpha value is -2.04. The smallest absolute Gasteiger partial charge is 0.862 e. The predicted molar refractivity (Wildman–Crippen MR) is 128 cm³/mol. The van der Waals surface area contributed by atoms with E-state index in [2.05, 4.69) is 4.99 Å². The summed E-state index contributed by atoms with van der Waals surface area (Å²) in [4.78, 5) is 26.3. The molecule has 0 radical (unpaired) electrons. The molecule has 0 amide bonds. The van der Waals surface area contributed by atoms with Crippen molar-refractivity contribution in [2.75, 3.05) is 13.2 Å². The van der Waals surface area contributed by atoms with Crippen LogP contribution in [0.15, 0.2) is 29.3 Å². The molecule has 0 aromatic heterocycles. The van der Waals surface area contributed by atoms with Crippen LogP contribution in [0.4, 0.5) is 5.69 Å². The predicted octanol–water partition coefficient (Wildman–Crippen LogP) is -7.41. The fourth-order valence-corrected chi connectivity index (χ4v) is 4.47. The first-order chi connectivity index (χ1) is 19.2. The Labute approximate surface area is 259 Å². The fourth-order valence-electron chi connectivity index (χ4n) is 4.47. The molecule has 18 nitrogen and oxygen atoms in total. The molecule has 1 aromatic carbocycles. The molecule has 3 rings (SSSR count). The first kappa shape index (κ1) is 36.2. The van der Waals surface area contributed by atoms with Gasteiger partial charge in [-0.15, -0.1) is 0 Å². The first-order valence-corrected chi connectivity index (χ1v) is 12.2. The minimum Gasteiger partial charge on any atom is -0.862 e. The van der Waals surface area contributed by atoms with Gasteiger partial charge in [-0.25, -0.2) is 4.79 Å². The number of hydrogen-bond acceptors (Lipinski definition) is 16. The maximum absolute atomic E-state index is 12.5. The summed E-state index contributed by atoms with van der Waals surface area (Å²) in [6.45, 7) is -0.897. The summed E-state index contributed by atoms with van der Waals surface area (Å²) in [5.74, 6) is -5.78. The van der Waals surface area contributed by atoms with Crippen LogP contribution in [-0.4, -0.2) is 138 Å². The average molecular weight is 614 g/mol. The zero-order valence-corrected chi connectivity index (χ0v) is 24.4. The van der Waals surface area contributed by atoms with E-state index < -0.39 is 103 Å². The van der Waals surface area contributed by atoms with Crippen LogP contribution in [0.1, 0.15) is 13.3 Å². The van der Waals surface area contributed by atoms with Crippen LogP contribution in [0, 0.1) is 10.1 Å². The van der Waals surface area contributed by atoms with E-state index in [0.717, 1.165) is 19.1 Å². The Morgan fingerprint density at radius 2 is 1.81 bits per heavy atom. The SMILES string of the molecule is CC([O-])=N[C@H]1[C@H]([C@H](O)[C@H](O)CO)O[C@@](O[C@H]2[C@@H](O)[C@@H](CO)O[C@@H](Oc3ccc([N+](=O)[O-])cc3)[C@@H]2O)(C(=O)O)C[C@@H]1O.[Na+]. The molecule has 1 aromatic rings. The van der Waals surface area contributed by atoms with Gasteiger partial charge in [-0.05, 0) is 25.0 Å². The Kier molecular flexibility index (Phi) is 13.0. The fraction of sp³-hybridized carbons (Fsp3) is 0.652. The summed E-state index contributed by atoms with van der Waals surface area (Å²) in [5, 5.41) is 105. The summed E-state index contributed by atoms with van der Waals surface area (Å²) in [6.07, 6.45) is -18.0. The number of ether oxygens (including phenoxy) is 4. The molecule has 0 bridgehead atoms. The molecule has 19 heteroatoms. The summed E-state index contributed by atoms with van der Waals surface area (Å²) < 4.78 is 21.9. The van der Waals surface area contributed by atoms with E-state index in [9.17, 15) is 60.9 Å². The third-order valence-electron chi connectivity index (χ3n) is 6.56. The molecule has 0 unspecified atom stereocenters. The molecule has 2 fully saturated rings. The molecule has 42 heavy (non-hydrogen) atoms. The number of aliphatic hydroxyl groups is 7. The van der Waals surface area contributed by atoms with Gasteiger partial charge in [0.1, 0.15) is 54.5 Å². The second-order valence-corrected chi connectivity index (χ2v) is 9.45. The molecular formula is C23H31N2NaO16. The molecule has 230 valence electrons. The second kappa shape index (κ2) is 15.1. The number of hydrogen-bond donors (Lipinski definition) is 8. The van der Waals surface area contributed by atoms with Crippen molar-refractivity contribution in [3.8, 4) is 5.75 Å². The number of nitro groups is 1. The number of carboxylic acid groups (broad SMARTS) is 1. The third kappa shape index (κ3) is 7.91. The number of benzene rings is 1. The standard InChI is InChI=1S/C23H32N2O16.Na/c1-9(28)24-15-12(29)6-23(22(34)35,40-19(15)16(31)13(30)7-26)41-20-17(32)14(8-27)39-21(18(20)33)38-11-4-2-10(3-5-11)25(36)37;/h2-5,12-21,26-27,29-33H,6-8H2,1H3,(H,24,28)(H,34,35);/q;+1/p-1/t12-,13+,14+,15+,16+,17-,18+,19+,20-,21+,23-;/m0./s1. The molecular weight excluding hydrogens is 583 g/mol. The van der Waals surface area contributed by atoms with Gasteiger partial charge in [0.25, 0.3) is 11.5 Å². The van der Waals surface area contributed by atoms with Crippen LogP contribution in [0.25, 0.3) is 0 Å². The van der Waals surface area contributed by atoms with Gasteiger partial charge in [-0.1, -0.05) is 0 Å². The van der Waals surface area contributed by atoms with Crippen LogP contribution >= 0.6 is 0 Å². The molecule has 11 atom stereocenters. The Bertz CT molecular complexity index is 1090. The summed E-state index contributed by atoms with van der Waals surface area (Å²) >= 11 is 0. The van der Waals surface area contributed by atoms with E-state index in [1.54, 1.807) is 0 Å². The van der Waals surface area contributed by atoms with Crippen molar-refractivity contribution in [1.82, 2.24) is 0 Å². The number of non-ortho nitro benzene ring substituents is 1. The number of nitro benzene ring substituents is 1. The molecule has 0 aliphatic carbocycles. The van der Waals surface area contributed by atoms with Crippen LogP contribution in [0.3, 0.4) is 0 Å². The second-order valence-electron chi connectivity index (χ2n) is 9.45. The summed E-state index contributed by atoms with van der Waals surface area (Å²) in [6, 6.07) is 2.89. The molecule has 2 saturated heterocycles. The third-order valence-corrected chi connectivity index (χ3v) is 6.56. The van der Waals surface area contributed by atoms with Crippen LogP contribution in [-0.2, 0) is 19.0 Å². The van der Waals surface area contributed by atoms with Gasteiger partial charge < -0.3 is 64.9 Å². The van der Waals surface area contributed by atoms with Crippen LogP contribution in [0.5, 0.6) is 5.75 Å². The normalized spacial score (nSPS) is 35.0. The van der Waals surface area contributed by atoms with Crippen LogP contribution < -0.4 is 39.4 Å². The molecule has 8 N–H and O–H groups in total. The molecule has 0 spiro atoms. The topological polar surface area (TPSA) is 294 Å². The van der Waals surface area contributed by atoms with Crippen molar-refractivity contribution in [2.24, 2.45) is 4.99 Å². The van der Waals surface area contributed by atoms with E-state index in [1.165, 1.54) is 12.1 Å². The maximum atomic E-state index is 12.5. The van der Waals surface area contributed by atoms with Crippen molar-refractivity contribution in [3.63, 3.8) is 0 Å². The number of nitrogens with zero attached hydrogens (tertiary/aromatic N) is 2. The Morgan fingerprint density at radius 1 is 1.19 bits per heavy atom. The first-order valence-electron chi connectivity index (χ1n) is 12.2. The molecule has 0 saturated carbocycles. The summed E-state index contributed by atoms with van der Waals surface area (Å²) in [5.41, 5.74) is -0.276. The molecule has 2 aliphatic rings. The van der Waals surface area contributed by atoms with Crippen molar-refractivity contribution in [3.05, 3.63) is 34.4 Å². The maximum Gasteiger partial charge on any atom is 1.00 e. The minimum atomic E-state index is -2.95. The van der Waals surface area contributed by atoms with E-state index in [-0.39, 0.29) is 41.0 Å². The van der Waals surface area contributed by atoms with E-state index in [0.29, 0.717) is 0 Å². The number of aliphatic imine (C=N–C) groups is 1. The number of carboxylic acids is 1. The zero-order chi connectivity index (χ0) is 30.6. The van der Waals surface area contributed by atoms with E-state index in [4.69, 9.17) is 18.9 Å². The minimum absolute atomic E-state index is 0. The van der Waals surface area contributed by atoms with Gasteiger partial charge in [0.05, 0.1) is 24.2 Å². The van der Waals surface area contributed by atoms with Gasteiger partial charge in [0.15, 0.2) is 0 Å². The van der Waals surface area contributed by atoms with Gasteiger partial charge in [0.2, 0.25) is 6.29 Å². The largest absolute Gasteiger partial charge is 1.00 e. The Morgan fingerprint density at radius 3 is 2.31 bits per heavy atom. The average Bonchev–Trinajstić information content (AvgIpc) is 2.92. The van der Waals surface area contributed by atoms with Gasteiger partial charge >= 0.3 is 35.5 Å². The number of aliphatic carboxylic acids is 1. The molecule has 2 aliphatic heterocycles. The van der Waals surface area contributed by atoms with Gasteiger partial charge in [0, 0.05) is 18.6 Å². The zero-order valence-electron chi connectivity index (χ0n) is 22.4. The number of aliphatic hydroxyl groups excluding tert-OH is 7. The molecule has 2 heterocycles. The van der Waals surface area contributed by atoms with Crippen molar-refractivity contribution in [2.45, 2.75) is 80.3 Å². The monoisotopic (exact) mass is 614 g/mol. The van der Waals surface area contributed by atoms with Gasteiger partial charge in [-0.3, -0.25) is 15.1 Å². The number of rotatable bonds is 11. The Balaban J connectivity index is 0.00000616. The van der Waals surface area contributed by atoms with Crippen molar-refractivity contribution >= 4 is 17.6 Å².